The van der Waals surface area contributed by atoms with Crippen molar-refractivity contribution in [3.63, 3.8) is 0 Å². The number of hydrogen-bond acceptors (Lipinski definition) is 0. The Labute approximate surface area is 173 Å². The molecule has 2 heteroatoms. The van der Waals surface area contributed by atoms with Crippen LogP contribution >= 0.6 is 18.9 Å². The van der Waals surface area contributed by atoms with Gasteiger partial charge in [-0.3, -0.25) is 0 Å². The monoisotopic (exact) mass is 401 g/mol. The van der Waals surface area contributed by atoms with Gasteiger partial charge in [0.25, 0.3) is 0 Å². The molecule has 0 aliphatic heterocycles. The van der Waals surface area contributed by atoms with Crippen molar-refractivity contribution in [1.29, 1.82) is 0 Å². The van der Waals surface area contributed by atoms with Crippen molar-refractivity contribution in [2.75, 3.05) is 0 Å². The summed E-state index contributed by atoms with van der Waals surface area (Å²) >= 11 is 6.43. The summed E-state index contributed by atoms with van der Waals surface area (Å²) in [4.78, 5) is 0. The molecule has 0 aliphatic carbocycles. The van der Waals surface area contributed by atoms with Crippen molar-refractivity contribution in [3.05, 3.63) is 126 Å². The average molecular weight is 402 g/mol. The molecular formula is C26H23ClP+. The van der Waals surface area contributed by atoms with Crippen molar-refractivity contribution in [1.82, 2.24) is 0 Å². The zero-order chi connectivity index (χ0) is 19.2. The first-order valence-corrected chi connectivity index (χ1v) is 12.0. The van der Waals surface area contributed by atoms with Gasteiger partial charge in [-0.05, 0) is 35.9 Å². The maximum atomic E-state index is 6.43. The highest BCUT2D eigenvalue weighted by atomic mass is 35.5. The van der Waals surface area contributed by atoms with Crippen LogP contribution in [0.4, 0.5) is 0 Å². The lowest BCUT2D eigenvalue weighted by molar-refractivity contribution is 1.38. The Balaban J connectivity index is 2.05. The standard InChI is InChI=1S/C26H23ClP/c27-20-23-14-10-11-19-26(23)28(24-15-6-2-7-16-24,25-17-8-3-9-18-25)21-22-12-4-1-5-13-22/h1-19H,20-21H2/q+1. The Morgan fingerprint density at radius 3 is 1.54 bits per heavy atom. The van der Waals surface area contributed by atoms with E-state index in [0.29, 0.717) is 5.88 Å². The molecule has 0 heterocycles. The van der Waals surface area contributed by atoms with Crippen LogP contribution in [0.3, 0.4) is 0 Å². The minimum Gasteiger partial charge on any atom is -0.121 e. The Morgan fingerprint density at radius 1 is 0.536 bits per heavy atom. The SMILES string of the molecule is ClCc1ccccc1[P+](Cc1ccccc1)(c1ccccc1)c1ccccc1. The number of alkyl halides is 1. The van der Waals surface area contributed by atoms with Crippen LogP contribution in [0.25, 0.3) is 0 Å². The molecule has 0 nitrogen and oxygen atoms in total. The number of hydrogen-bond donors (Lipinski definition) is 0. The molecule has 4 aromatic rings. The summed E-state index contributed by atoms with van der Waals surface area (Å²) in [6, 6.07) is 41.5. The topological polar surface area (TPSA) is 0 Å². The molecule has 0 aliphatic rings. The molecule has 0 saturated heterocycles. The maximum absolute atomic E-state index is 6.43. The van der Waals surface area contributed by atoms with E-state index < -0.39 is 7.26 Å². The van der Waals surface area contributed by atoms with Crippen molar-refractivity contribution >= 4 is 34.8 Å². The third kappa shape index (κ3) is 3.63. The number of benzene rings is 4. The van der Waals surface area contributed by atoms with Crippen LogP contribution in [0.15, 0.2) is 115 Å². The fourth-order valence-corrected chi connectivity index (χ4v) is 8.73. The van der Waals surface area contributed by atoms with Gasteiger partial charge >= 0.3 is 0 Å². The predicted octanol–water partition coefficient (Wildman–Crippen LogP) is 5.92. The molecular weight excluding hydrogens is 379 g/mol. The minimum absolute atomic E-state index is 0.520. The lowest BCUT2D eigenvalue weighted by atomic mass is 10.2. The smallest absolute Gasteiger partial charge is 0.116 e. The van der Waals surface area contributed by atoms with Crippen LogP contribution in [0.2, 0.25) is 0 Å². The van der Waals surface area contributed by atoms with Crippen molar-refractivity contribution < 1.29 is 0 Å². The molecule has 0 bridgehead atoms. The van der Waals surface area contributed by atoms with E-state index in [2.05, 4.69) is 115 Å². The van der Waals surface area contributed by atoms with E-state index in [1.807, 2.05) is 0 Å². The van der Waals surface area contributed by atoms with Crippen LogP contribution < -0.4 is 15.9 Å². The summed E-state index contributed by atoms with van der Waals surface area (Å²) < 4.78 is 0. The average Bonchev–Trinajstić information content (AvgIpc) is 2.79. The molecule has 4 rings (SSSR count). The summed E-state index contributed by atoms with van der Waals surface area (Å²) in [7, 11) is -1.91. The molecule has 4 aromatic carbocycles. The van der Waals surface area contributed by atoms with Gasteiger partial charge < -0.3 is 0 Å². The Bertz CT molecular complexity index is 974. The van der Waals surface area contributed by atoms with Crippen LogP contribution in [0.5, 0.6) is 0 Å². The van der Waals surface area contributed by atoms with Crippen LogP contribution in [0.1, 0.15) is 11.1 Å². The van der Waals surface area contributed by atoms with Gasteiger partial charge in [0.15, 0.2) is 0 Å². The molecule has 0 fully saturated rings. The molecule has 0 amide bonds. The zero-order valence-electron chi connectivity index (χ0n) is 15.7. The second-order valence-corrected chi connectivity index (χ2v) is 10.6. The van der Waals surface area contributed by atoms with Gasteiger partial charge in [-0.2, -0.15) is 0 Å². The maximum Gasteiger partial charge on any atom is 0.116 e. The second kappa shape index (κ2) is 8.74. The van der Waals surface area contributed by atoms with Crippen LogP contribution in [-0.4, -0.2) is 0 Å². The van der Waals surface area contributed by atoms with Crippen LogP contribution in [0, 0.1) is 0 Å². The van der Waals surface area contributed by atoms with Gasteiger partial charge in [-0.25, -0.2) is 0 Å². The van der Waals surface area contributed by atoms with Gasteiger partial charge in [0, 0.05) is 5.56 Å². The fraction of sp³-hybridized carbons (Fsp3) is 0.0769. The Hall–Kier alpha value is -2.40. The summed E-state index contributed by atoms with van der Waals surface area (Å²) in [5.41, 5.74) is 2.58. The van der Waals surface area contributed by atoms with Gasteiger partial charge in [0.05, 0.1) is 12.0 Å². The molecule has 0 radical (unpaired) electrons. The third-order valence-electron chi connectivity index (χ3n) is 5.20. The summed E-state index contributed by atoms with van der Waals surface area (Å²) in [6.45, 7) is 0. The second-order valence-electron chi connectivity index (χ2n) is 6.89. The highest BCUT2D eigenvalue weighted by molar-refractivity contribution is 7.95. The van der Waals surface area contributed by atoms with E-state index >= 15 is 0 Å². The van der Waals surface area contributed by atoms with E-state index in [0.717, 1.165) is 6.16 Å². The van der Waals surface area contributed by atoms with E-state index in [4.69, 9.17) is 11.6 Å². The van der Waals surface area contributed by atoms with Gasteiger partial charge in [-0.15, -0.1) is 11.6 Å². The highest BCUT2D eigenvalue weighted by Crippen LogP contribution is 2.58. The van der Waals surface area contributed by atoms with Crippen molar-refractivity contribution in [2.24, 2.45) is 0 Å². The molecule has 0 atom stereocenters. The van der Waals surface area contributed by atoms with Gasteiger partial charge in [-0.1, -0.05) is 84.9 Å². The molecule has 0 N–H and O–H groups in total. The van der Waals surface area contributed by atoms with E-state index in [-0.39, 0.29) is 0 Å². The van der Waals surface area contributed by atoms with Gasteiger partial charge in [0.2, 0.25) is 0 Å². The molecule has 0 saturated carbocycles. The quantitative estimate of drug-likeness (QED) is 0.278. The Morgan fingerprint density at radius 2 is 1.00 bits per heavy atom. The fourth-order valence-electron chi connectivity index (χ4n) is 3.91. The van der Waals surface area contributed by atoms with E-state index in [1.54, 1.807) is 0 Å². The third-order valence-corrected chi connectivity index (χ3v) is 9.95. The first-order valence-electron chi connectivity index (χ1n) is 9.52. The minimum atomic E-state index is -1.91. The largest absolute Gasteiger partial charge is 0.121 e. The first kappa shape index (κ1) is 18.9. The highest BCUT2D eigenvalue weighted by Gasteiger charge is 2.46. The molecule has 0 aromatic heterocycles. The first-order chi connectivity index (χ1) is 13.8. The lowest BCUT2D eigenvalue weighted by Crippen LogP contribution is -2.34. The predicted molar refractivity (Wildman–Crippen MR) is 125 cm³/mol. The molecule has 0 unspecified atom stereocenters. The lowest BCUT2D eigenvalue weighted by Gasteiger charge is -2.29. The number of halogens is 1. The summed E-state index contributed by atoms with van der Waals surface area (Å²) in [5, 5.41) is 4.16. The van der Waals surface area contributed by atoms with Crippen LogP contribution in [-0.2, 0) is 12.0 Å². The van der Waals surface area contributed by atoms with Crippen molar-refractivity contribution in [2.45, 2.75) is 12.0 Å². The zero-order valence-corrected chi connectivity index (χ0v) is 17.4. The van der Waals surface area contributed by atoms with E-state index in [1.165, 1.54) is 27.0 Å². The van der Waals surface area contributed by atoms with Crippen molar-refractivity contribution in [3.8, 4) is 0 Å². The van der Waals surface area contributed by atoms with Gasteiger partial charge in [0.1, 0.15) is 23.2 Å². The molecule has 0 spiro atoms. The normalized spacial score (nSPS) is 11.3. The summed E-state index contributed by atoms with van der Waals surface area (Å²) in [6.07, 6.45) is 0.982. The number of rotatable bonds is 6. The Kier molecular flexibility index (Phi) is 5.91. The molecule has 138 valence electrons. The molecule has 28 heavy (non-hydrogen) atoms. The summed E-state index contributed by atoms with van der Waals surface area (Å²) in [5.74, 6) is 0.520. The van der Waals surface area contributed by atoms with E-state index in [9.17, 15) is 0 Å².